The molecule has 0 aliphatic heterocycles. The standard InChI is InChI=1S/C21H23NO3/c22-12-19-9-8-16(13-23)10-20(19)17-6-3-7-18(11-17)21(24)25-14-15-4-1-2-5-15/h3,6-11,13,15H,1-2,4-5,12,14,22H2. The second-order valence-corrected chi connectivity index (χ2v) is 6.57. The van der Waals surface area contributed by atoms with Crippen molar-refractivity contribution >= 4 is 12.3 Å². The molecule has 130 valence electrons. The fourth-order valence-corrected chi connectivity index (χ4v) is 3.38. The number of esters is 1. The Kier molecular flexibility index (Phi) is 5.61. The van der Waals surface area contributed by atoms with Crippen LogP contribution in [0.25, 0.3) is 11.1 Å². The number of nitrogens with two attached hydrogens (primary N) is 1. The maximum atomic E-state index is 12.4. The van der Waals surface area contributed by atoms with E-state index in [9.17, 15) is 9.59 Å². The van der Waals surface area contributed by atoms with Gasteiger partial charge in [0.25, 0.3) is 0 Å². The van der Waals surface area contributed by atoms with Gasteiger partial charge in [0.15, 0.2) is 0 Å². The Hall–Kier alpha value is -2.46. The molecule has 4 heteroatoms. The van der Waals surface area contributed by atoms with Gasteiger partial charge in [0.05, 0.1) is 12.2 Å². The number of rotatable bonds is 6. The molecule has 1 aliphatic rings. The summed E-state index contributed by atoms with van der Waals surface area (Å²) in [7, 11) is 0. The predicted octanol–water partition coefficient (Wildman–Crippen LogP) is 3.97. The van der Waals surface area contributed by atoms with Crippen LogP contribution in [-0.2, 0) is 11.3 Å². The lowest BCUT2D eigenvalue weighted by Gasteiger charge is -2.12. The summed E-state index contributed by atoms with van der Waals surface area (Å²) in [6.07, 6.45) is 5.56. The topological polar surface area (TPSA) is 69.4 Å². The van der Waals surface area contributed by atoms with E-state index < -0.39 is 0 Å². The van der Waals surface area contributed by atoms with Crippen molar-refractivity contribution in [1.29, 1.82) is 0 Å². The van der Waals surface area contributed by atoms with Gasteiger partial charge < -0.3 is 10.5 Å². The summed E-state index contributed by atoms with van der Waals surface area (Å²) in [4.78, 5) is 23.4. The van der Waals surface area contributed by atoms with Crippen molar-refractivity contribution in [3.8, 4) is 11.1 Å². The van der Waals surface area contributed by atoms with Gasteiger partial charge in [0.2, 0.25) is 0 Å². The second kappa shape index (κ2) is 8.08. The third-order valence-corrected chi connectivity index (χ3v) is 4.82. The molecule has 3 rings (SSSR count). The van der Waals surface area contributed by atoms with Crippen LogP contribution in [0.3, 0.4) is 0 Å². The van der Waals surface area contributed by atoms with Crippen LogP contribution in [-0.4, -0.2) is 18.9 Å². The van der Waals surface area contributed by atoms with Gasteiger partial charge in [-0.2, -0.15) is 0 Å². The number of benzene rings is 2. The normalized spacial score (nSPS) is 14.4. The molecule has 0 aromatic heterocycles. The van der Waals surface area contributed by atoms with E-state index in [-0.39, 0.29) is 5.97 Å². The van der Waals surface area contributed by atoms with Gasteiger partial charge in [-0.25, -0.2) is 4.79 Å². The molecule has 0 atom stereocenters. The largest absolute Gasteiger partial charge is 0.462 e. The summed E-state index contributed by atoms with van der Waals surface area (Å²) < 4.78 is 5.48. The van der Waals surface area contributed by atoms with Gasteiger partial charge in [0, 0.05) is 12.1 Å². The molecular formula is C21H23NO3. The molecule has 2 aromatic carbocycles. The second-order valence-electron chi connectivity index (χ2n) is 6.57. The van der Waals surface area contributed by atoms with E-state index in [4.69, 9.17) is 10.5 Å². The van der Waals surface area contributed by atoms with Crippen LogP contribution in [0.15, 0.2) is 42.5 Å². The summed E-state index contributed by atoms with van der Waals surface area (Å²) in [6, 6.07) is 12.7. The third kappa shape index (κ3) is 4.15. The highest BCUT2D eigenvalue weighted by Crippen LogP contribution is 2.27. The van der Waals surface area contributed by atoms with Crippen LogP contribution >= 0.6 is 0 Å². The minimum Gasteiger partial charge on any atom is -0.462 e. The Bertz CT molecular complexity index is 763. The molecule has 0 unspecified atom stereocenters. The summed E-state index contributed by atoms with van der Waals surface area (Å²) >= 11 is 0. The number of carbonyl (C=O) groups is 2. The van der Waals surface area contributed by atoms with E-state index >= 15 is 0 Å². The summed E-state index contributed by atoms with van der Waals surface area (Å²) in [5, 5.41) is 0. The van der Waals surface area contributed by atoms with Crippen molar-refractivity contribution < 1.29 is 14.3 Å². The predicted molar refractivity (Wildman–Crippen MR) is 97.4 cm³/mol. The molecule has 1 saturated carbocycles. The van der Waals surface area contributed by atoms with Gasteiger partial charge >= 0.3 is 5.97 Å². The molecule has 0 amide bonds. The third-order valence-electron chi connectivity index (χ3n) is 4.82. The zero-order valence-electron chi connectivity index (χ0n) is 14.2. The van der Waals surface area contributed by atoms with Crippen molar-refractivity contribution in [2.24, 2.45) is 11.7 Å². The van der Waals surface area contributed by atoms with E-state index in [1.807, 2.05) is 18.2 Å². The van der Waals surface area contributed by atoms with Crippen LogP contribution in [0.2, 0.25) is 0 Å². The number of hydrogen-bond acceptors (Lipinski definition) is 4. The van der Waals surface area contributed by atoms with Gasteiger partial charge in [-0.15, -0.1) is 0 Å². The van der Waals surface area contributed by atoms with Crippen LogP contribution < -0.4 is 5.73 Å². The Morgan fingerprint density at radius 3 is 2.68 bits per heavy atom. The van der Waals surface area contributed by atoms with Gasteiger partial charge in [0.1, 0.15) is 6.29 Å². The van der Waals surface area contributed by atoms with Crippen molar-refractivity contribution in [2.45, 2.75) is 32.2 Å². The first-order valence-electron chi connectivity index (χ1n) is 8.77. The average Bonchev–Trinajstić information content (AvgIpc) is 3.19. The van der Waals surface area contributed by atoms with Crippen LogP contribution in [0.4, 0.5) is 0 Å². The lowest BCUT2D eigenvalue weighted by atomic mass is 9.96. The maximum Gasteiger partial charge on any atom is 0.338 e. The van der Waals surface area contributed by atoms with Crippen LogP contribution in [0, 0.1) is 5.92 Å². The monoisotopic (exact) mass is 337 g/mol. The maximum absolute atomic E-state index is 12.4. The zero-order chi connectivity index (χ0) is 17.6. The summed E-state index contributed by atoms with van der Waals surface area (Å²) in [5.41, 5.74) is 9.59. The molecule has 0 bridgehead atoms. The van der Waals surface area contributed by atoms with Gasteiger partial charge in [-0.3, -0.25) is 4.79 Å². The Labute approximate surface area is 148 Å². The van der Waals surface area contributed by atoms with Crippen LogP contribution in [0.1, 0.15) is 52.0 Å². The fourth-order valence-electron chi connectivity index (χ4n) is 3.38. The quantitative estimate of drug-likeness (QED) is 0.639. The first-order valence-corrected chi connectivity index (χ1v) is 8.77. The number of ether oxygens (including phenoxy) is 1. The molecule has 0 radical (unpaired) electrons. The molecule has 0 heterocycles. The highest BCUT2D eigenvalue weighted by Gasteiger charge is 2.18. The van der Waals surface area contributed by atoms with Crippen molar-refractivity contribution in [3.05, 3.63) is 59.2 Å². The molecule has 0 spiro atoms. The van der Waals surface area contributed by atoms with E-state index in [0.717, 1.165) is 35.8 Å². The summed E-state index contributed by atoms with van der Waals surface area (Å²) in [6.45, 7) is 0.864. The van der Waals surface area contributed by atoms with E-state index in [1.54, 1.807) is 24.3 Å². The first-order chi connectivity index (χ1) is 12.2. The van der Waals surface area contributed by atoms with E-state index in [0.29, 0.717) is 30.2 Å². The van der Waals surface area contributed by atoms with E-state index in [2.05, 4.69) is 0 Å². The SMILES string of the molecule is NCc1ccc(C=O)cc1-c1cccc(C(=O)OCC2CCCC2)c1. The molecule has 4 nitrogen and oxygen atoms in total. The number of hydrogen-bond donors (Lipinski definition) is 1. The summed E-state index contributed by atoms with van der Waals surface area (Å²) in [5.74, 6) is 0.204. The zero-order valence-corrected chi connectivity index (χ0v) is 14.2. The number of carbonyl (C=O) groups excluding carboxylic acids is 2. The van der Waals surface area contributed by atoms with Gasteiger partial charge in [-0.1, -0.05) is 37.1 Å². The fraction of sp³-hybridized carbons (Fsp3) is 0.333. The average molecular weight is 337 g/mol. The van der Waals surface area contributed by atoms with E-state index in [1.165, 1.54) is 12.8 Å². The Morgan fingerprint density at radius 1 is 1.16 bits per heavy atom. The minimum atomic E-state index is -0.297. The minimum absolute atomic E-state index is 0.297. The molecule has 1 aliphatic carbocycles. The van der Waals surface area contributed by atoms with Crippen molar-refractivity contribution in [1.82, 2.24) is 0 Å². The highest BCUT2D eigenvalue weighted by atomic mass is 16.5. The lowest BCUT2D eigenvalue weighted by Crippen LogP contribution is -2.12. The lowest BCUT2D eigenvalue weighted by molar-refractivity contribution is 0.0442. The van der Waals surface area contributed by atoms with Crippen molar-refractivity contribution in [2.75, 3.05) is 6.61 Å². The molecule has 2 N–H and O–H groups in total. The number of aldehydes is 1. The van der Waals surface area contributed by atoms with Crippen molar-refractivity contribution in [3.63, 3.8) is 0 Å². The van der Waals surface area contributed by atoms with Crippen LogP contribution in [0.5, 0.6) is 0 Å². The smallest absolute Gasteiger partial charge is 0.338 e. The van der Waals surface area contributed by atoms with Gasteiger partial charge in [-0.05, 0) is 53.6 Å². The molecule has 2 aromatic rings. The Morgan fingerprint density at radius 2 is 1.96 bits per heavy atom. The molecular weight excluding hydrogens is 314 g/mol. The molecule has 25 heavy (non-hydrogen) atoms. The molecule has 1 fully saturated rings. The Balaban J connectivity index is 1.81. The molecule has 0 saturated heterocycles. The highest BCUT2D eigenvalue weighted by molar-refractivity contribution is 5.91. The first kappa shape index (κ1) is 17.4.